The van der Waals surface area contributed by atoms with Crippen molar-refractivity contribution in [2.24, 2.45) is 0 Å². The molecule has 0 spiro atoms. The molecule has 116 valence electrons. The lowest BCUT2D eigenvalue weighted by Gasteiger charge is -2.16. The third-order valence-electron chi connectivity index (χ3n) is 2.57. The molecule has 0 bridgehead atoms. The average Bonchev–Trinajstić information content (AvgIpc) is 2.41. The molecular weight excluding hydrogens is 280 g/mol. The number of aliphatic hydroxyl groups is 1. The summed E-state index contributed by atoms with van der Waals surface area (Å²) >= 11 is 0. The fraction of sp³-hybridized carbons (Fsp3) is 0.429. The molecule has 0 heterocycles. The number of aromatic carboxylic acids is 2. The molecule has 0 saturated heterocycles. The van der Waals surface area contributed by atoms with Crippen LogP contribution in [-0.4, -0.2) is 52.7 Å². The van der Waals surface area contributed by atoms with E-state index in [0.29, 0.717) is 0 Å². The average molecular weight is 298 g/mol. The van der Waals surface area contributed by atoms with Gasteiger partial charge in [-0.2, -0.15) is 0 Å². The normalized spacial score (nSPS) is 13.5. The Morgan fingerprint density at radius 1 is 1.14 bits per heavy atom. The summed E-state index contributed by atoms with van der Waals surface area (Å²) in [5.41, 5.74) is -0.731. The largest absolute Gasteiger partial charge is 0.490 e. The van der Waals surface area contributed by atoms with Crippen molar-refractivity contribution in [3.8, 4) is 5.75 Å². The molecule has 0 aliphatic rings. The van der Waals surface area contributed by atoms with Crippen LogP contribution in [0, 0.1) is 0 Å². The Labute approximate surface area is 121 Å². The van der Waals surface area contributed by atoms with Crippen LogP contribution in [0.1, 0.15) is 34.6 Å². The molecule has 7 nitrogen and oxygen atoms in total. The van der Waals surface area contributed by atoms with E-state index in [1.54, 1.807) is 13.8 Å². The van der Waals surface area contributed by atoms with E-state index in [0.717, 1.165) is 0 Å². The molecule has 0 saturated carbocycles. The lowest BCUT2D eigenvalue weighted by molar-refractivity contribution is -0.0133. The molecule has 0 amide bonds. The number of rotatable bonds is 8. The Balaban J connectivity index is 2.81. The van der Waals surface area contributed by atoms with Crippen LogP contribution in [0.4, 0.5) is 0 Å². The number of aliphatic hydroxyl groups excluding tert-OH is 1. The molecule has 0 radical (unpaired) electrons. The summed E-state index contributed by atoms with van der Waals surface area (Å²) < 4.78 is 10.6. The molecule has 7 heteroatoms. The molecule has 0 fully saturated rings. The number of ether oxygens (including phenoxy) is 2. The highest BCUT2D eigenvalue weighted by Crippen LogP contribution is 2.23. The molecule has 2 atom stereocenters. The maximum atomic E-state index is 11.2. The van der Waals surface area contributed by atoms with E-state index in [9.17, 15) is 9.59 Å². The highest BCUT2D eigenvalue weighted by Gasteiger charge is 2.21. The first-order chi connectivity index (χ1) is 9.82. The number of carbonyl (C=O) groups is 2. The first-order valence-electron chi connectivity index (χ1n) is 6.35. The quantitative estimate of drug-likeness (QED) is 0.661. The van der Waals surface area contributed by atoms with Crippen molar-refractivity contribution in [3.05, 3.63) is 29.3 Å². The third-order valence-corrected chi connectivity index (χ3v) is 2.57. The fourth-order valence-corrected chi connectivity index (χ4v) is 1.61. The molecule has 1 rings (SSSR count). The van der Waals surface area contributed by atoms with E-state index in [1.165, 1.54) is 18.2 Å². The van der Waals surface area contributed by atoms with Gasteiger partial charge in [0.15, 0.2) is 0 Å². The van der Waals surface area contributed by atoms with Gasteiger partial charge in [-0.25, -0.2) is 9.59 Å². The Bertz CT molecular complexity index is 510. The van der Waals surface area contributed by atoms with Crippen LogP contribution < -0.4 is 4.74 Å². The Morgan fingerprint density at radius 3 is 2.33 bits per heavy atom. The van der Waals surface area contributed by atoms with Crippen LogP contribution >= 0.6 is 0 Å². The van der Waals surface area contributed by atoms with Crippen molar-refractivity contribution in [1.82, 2.24) is 0 Å². The van der Waals surface area contributed by atoms with E-state index in [1.807, 2.05) is 0 Å². The second kappa shape index (κ2) is 7.61. The van der Waals surface area contributed by atoms with E-state index in [4.69, 9.17) is 24.8 Å². The molecule has 3 N–H and O–H groups in total. The first kappa shape index (κ1) is 16.9. The summed E-state index contributed by atoms with van der Waals surface area (Å²) in [5.74, 6) is -2.74. The monoisotopic (exact) mass is 298 g/mol. The van der Waals surface area contributed by atoms with Gasteiger partial charge in [-0.1, -0.05) is 6.07 Å². The highest BCUT2D eigenvalue weighted by atomic mass is 16.5. The SMILES string of the molecule is CC(O)COC(C)COc1cccc(C(=O)O)c1C(=O)O. The highest BCUT2D eigenvalue weighted by molar-refractivity contribution is 6.03. The van der Waals surface area contributed by atoms with Gasteiger partial charge in [-0.3, -0.25) is 0 Å². The van der Waals surface area contributed by atoms with E-state index < -0.39 is 23.6 Å². The maximum absolute atomic E-state index is 11.2. The first-order valence-corrected chi connectivity index (χ1v) is 6.35. The van der Waals surface area contributed by atoms with Crippen LogP contribution in [0.15, 0.2) is 18.2 Å². The summed E-state index contributed by atoms with van der Waals surface area (Å²) in [7, 11) is 0. The van der Waals surface area contributed by atoms with E-state index in [2.05, 4.69) is 0 Å². The zero-order valence-electron chi connectivity index (χ0n) is 11.8. The standard InChI is InChI=1S/C14H18O7/c1-8(15)6-20-9(2)7-21-11-5-3-4-10(13(16)17)12(11)14(18)19/h3-5,8-9,15H,6-7H2,1-2H3,(H,16,17)(H,18,19). The predicted molar refractivity (Wildman–Crippen MR) is 73.0 cm³/mol. The minimum absolute atomic E-state index is 0.0325. The predicted octanol–water partition coefficient (Wildman–Crippen LogP) is 1.25. The van der Waals surface area contributed by atoms with Crippen LogP contribution in [0.2, 0.25) is 0 Å². The third kappa shape index (κ3) is 5.05. The number of hydrogen-bond acceptors (Lipinski definition) is 5. The number of carboxylic acids is 2. The van der Waals surface area contributed by atoms with Gasteiger partial charge in [-0.15, -0.1) is 0 Å². The topological polar surface area (TPSA) is 113 Å². The molecule has 0 aliphatic heterocycles. The molecule has 2 unspecified atom stereocenters. The lowest BCUT2D eigenvalue weighted by atomic mass is 10.1. The van der Waals surface area contributed by atoms with Gasteiger partial charge in [-0.05, 0) is 26.0 Å². The van der Waals surface area contributed by atoms with E-state index >= 15 is 0 Å². The maximum Gasteiger partial charge on any atom is 0.340 e. The summed E-state index contributed by atoms with van der Waals surface area (Å²) in [6.45, 7) is 3.44. The van der Waals surface area contributed by atoms with Gasteiger partial charge in [0, 0.05) is 0 Å². The van der Waals surface area contributed by atoms with Gasteiger partial charge in [0.1, 0.15) is 17.9 Å². The minimum atomic E-state index is -1.37. The molecule has 1 aromatic carbocycles. The number of benzene rings is 1. The smallest absolute Gasteiger partial charge is 0.340 e. The molecule has 1 aromatic rings. The molecule has 0 aliphatic carbocycles. The minimum Gasteiger partial charge on any atom is -0.490 e. The van der Waals surface area contributed by atoms with Gasteiger partial charge >= 0.3 is 11.9 Å². The second-order valence-corrected chi connectivity index (χ2v) is 4.59. The zero-order chi connectivity index (χ0) is 16.0. The number of carboxylic acid groups (broad SMARTS) is 2. The van der Waals surface area contributed by atoms with Crippen LogP contribution in [0.3, 0.4) is 0 Å². The van der Waals surface area contributed by atoms with Crippen molar-refractivity contribution >= 4 is 11.9 Å². The Morgan fingerprint density at radius 2 is 1.81 bits per heavy atom. The summed E-state index contributed by atoms with van der Waals surface area (Å²) in [4.78, 5) is 22.2. The zero-order valence-corrected chi connectivity index (χ0v) is 11.8. The van der Waals surface area contributed by atoms with Crippen molar-refractivity contribution < 1.29 is 34.4 Å². The molecule has 21 heavy (non-hydrogen) atoms. The summed E-state index contributed by atoms with van der Waals surface area (Å²) in [6, 6.07) is 4.00. The van der Waals surface area contributed by atoms with Gasteiger partial charge < -0.3 is 24.8 Å². The summed E-state index contributed by atoms with van der Waals surface area (Å²) in [6.07, 6.45) is -0.993. The van der Waals surface area contributed by atoms with Crippen LogP contribution in [0.5, 0.6) is 5.75 Å². The Hall–Kier alpha value is -2.12. The number of hydrogen-bond donors (Lipinski definition) is 3. The van der Waals surface area contributed by atoms with Crippen molar-refractivity contribution in [3.63, 3.8) is 0 Å². The molecule has 0 aromatic heterocycles. The fourth-order valence-electron chi connectivity index (χ4n) is 1.61. The van der Waals surface area contributed by atoms with Gasteiger partial charge in [0.25, 0.3) is 0 Å². The van der Waals surface area contributed by atoms with Crippen molar-refractivity contribution in [1.29, 1.82) is 0 Å². The van der Waals surface area contributed by atoms with Crippen LogP contribution in [0.25, 0.3) is 0 Å². The second-order valence-electron chi connectivity index (χ2n) is 4.59. The van der Waals surface area contributed by atoms with Gasteiger partial charge in [0.05, 0.1) is 24.4 Å². The Kier molecular flexibility index (Phi) is 6.13. The van der Waals surface area contributed by atoms with Crippen molar-refractivity contribution in [2.75, 3.05) is 13.2 Å². The van der Waals surface area contributed by atoms with Crippen LogP contribution in [-0.2, 0) is 4.74 Å². The van der Waals surface area contributed by atoms with E-state index in [-0.39, 0.29) is 30.6 Å². The molecular formula is C14H18O7. The van der Waals surface area contributed by atoms with Crippen molar-refractivity contribution in [2.45, 2.75) is 26.1 Å². The lowest BCUT2D eigenvalue weighted by Crippen LogP contribution is -2.23. The summed E-state index contributed by atoms with van der Waals surface area (Å²) in [5, 5.41) is 27.2. The van der Waals surface area contributed by atoms with Gasteiger partial charge in [0.2, 0.25) is 0 Å².